The molecule has 1 aromatic carbocycles. The van der Waals surface area contributed by atoms with Crippen molar-refractivity contribution in [1.82, 2.24) is 4.72 Å². The molecule has 0 radical (unpaired) electrons. The second-order valence-electron chi connectivity index (χ2n) is 3.90. The summed E-state index contributed by atoms with van der Waals surface area (Å²) >= 11 is 1.57. The van der Waals surface area contributed by atoms with Crippen LogP contribution in [0.4, 0.5) is 10.1 Å². The van der Waals surface area contributed by atoms with Crippen LogP contribution in [-0.4, -0.2) is 26.5 Å². The summed E-state index contributed by atoms with van der Waals surface area (Å²) in [7, 11) is -3.65. The van der Waals surface area contributed by atoms with E-state index in [2.05, 4.69) is 11.3 Å². The molecule has 3 N–H and O–H groups in total. The Kier molecular flexibility index (Phi) is 5.84. The number of hydrogen-bond acceptors (Lipinski definition) is 4. The normalized spacial score (nSPS) is 11.5. The van der Waals surface area contributed by atoms with E-state index in [1.165, 1.54) is 6.92 Å². The van der Waals surface area contributed by atoms with Crippen LogP contribution in [0.15, 0.2) is 29.7 Å². The number of nitrogen functional groups attached to an aromatic ring is 1. The molecule has 0 heterocycles. The van der Waals surface area contributed by atoms with E-state index in [-0.39, 0.29) is 10.6 Å². The van der Waals surface area contributed by atoms with E-state index < -0.39 is 15.8 Å². The van der Waals surface area contributed by atoms with Crippen LogP contribution in [0.3, 0.4) is 0 Å². The molecule has 4 nitrogen and oxygen atoms in total. The highest BCUT2D eigenvalue weighted by Crippen LogP contribution is 2.21. The number of rotatable bonds is 7. The van der Waals surface area contributed by atoms with Gasteiger partial charge in [0.05, 0.1) is 10.6 Å². The first-order chi connectivity index (χ1) is 8.88. The van der Waals surface area contributed by atoms with Crippen LogP contribution in [0.5, 0.6) is 0 Å². The van der Waals surface area contributed by atoms with Crippen molar-refractivity contribution in [2.24, 2.45) is 0 Å². The van der Waals surface area contributed by atoms with Gasteiger partial charge in [0.25, 0.3) is 0 Å². The highest BCUT2D eigenvalue weighted by molar-refractivity contribution is 7.99. The first-order valence-electron chi connectivity index (χ1n) is 5.62. The van der Waals surface area contributed by atoms with Crippen molar-refractivity contribution < 1.29 is 12.8 Å². The Labute approximate surface area is 117 Å². The predicted molar refractivity (Wildman–Crippen MR) is 78.3 cm³/mol. The Morgan fingerprint density at radius 1 is 1.53 bits per heavy atom. The maximum Gasteiger partial charge on any atom is 0.240 e. The van der Waals surface area contributed by atoms with E-state index in [4.69, 9.17) is 5.73 Å². The van der Waals surface area contributed by atoms with Gasteiger partial charge in [-0.1, -0.05) is 6.08 Å². The molecule has 0 amide bonds. The molecular weight excluding hydrogens is 287 g/mol. The van der Waals surface area contributed by atoms with Crippen molar-refractivity contribution in [1.29, 1.82) is 0 Å². The van der Waals surface area contributed by atoms with Crippen molar-refractivity contribution in [3.8, 4) is 0 Å². The minimum atomic E-state index is -3.65. The molecule has 1 rings (SSSR count). The third-order valence-electron chi connectivity index (χ3n) is 2.36. The summed E-state index contributed by atoms with van der Waals surface area (Å²) in [6.45, 7) is 5.41. The average molecular weight is 304 g/mol. The lowest BCUT2D eigenvalue weighted by Gasteiger charge is -2.10. The highest BCUT2D eigenvalue weighted by atomic mass is 32.2. The van der Waals surface area contributed by atoms with Crippen LogP contribution in [0.1, 0.15) is 5.56 Å². The third-order valence-corrected chi connectivity index (χ3v) is 4.93. The van der Waals surface area contributed by atoms with E-state index in [0.717, 1.165) is 17.9 Å². The molecule has 0 saturated carbocycles. The molecule has 0 bridgehead atoms. The number of nitrogens with one attached hydrogen (secondary N) is 1. The maximum absolute atomic E-state index is 13.2. The van der Waals surface area contributed by atoms with Gasteiger partial charge in [-0.05, 0) is 24.6 Å². The van der Waals surface area contributed by atoms with Gasteiger partial charge in [0.2, 0.25) is 10.0 Å². The van der Waals surface area contributed by atoms with Crippen molar-refractivity contribution in [3.63, 3.8) is 0 Å². The molecular formula is C12H17FN2O2S2. The van der Waals surface area contributed by atoms with Gasteiger partial charge in [-0.15, -0.1) is 6.58 Å². The molecule has 0 atom stereocenters. The lowest BCUT2D eigenvalue weighted by Crippen LogP contribution is -2.27. The number of aryl methyl sites for hydroxylation is 1. The Morgan fingerprint density at radius 3 is 2.84 bits per heavy atom. The fourth-order valence-corrected chi connectivity index (χ4v) is 3.45. The Balaban J connectivity index is 2.77. The number of anilines is 1. The van der Waals surface area contributed by atoms with Crippen molar-refractivity contribution in [2.45, 2.75) is 11.8 Å². The SMILES string of the molecule is C=CCSCCNS(=O)(=O)c1cc(N)c(F)cc1C. The van der Waals surface area contributed by atoms with Crippen molar-refractivity contribution in [2.75, 3.05) is 23.8 Å². The molecule has 0 aliphatic carbocycles. The minimum absolute atomic E-state index is 0.0140. The Morgan fingerprint density at radius 2 is 2.21 bits per heavy atom. The van der Waals surface area contributed by atoms with Crippen molar-refractivity contribution in [3.05, 3.63) is 36.2 Å². The molecule has 19 heavy (non-hydrogen) atoms. The van der Waals surface area contributed by atoms with E-state index in [1.54, 1.807) is 17.8 Å². The summed E-state index contributed by atoms with van der Waals surface area (Å²) in [5, 5.41) is 0. The quantitative estimate of drug-likeness (QED) is 0.458. The van der Waals surface area contributed by atoms with Crippen LogP contribution in [0, 0.1) is 12.7 Å². The monoisotopic (exact) mass is 304 g/mol. The van der Waals surface area contributed by atoms with Gasteiger partial charge >= 0.3 is 0 Å². The fourth-order valence-electron chi connectivity index (χ4n) is 1.45. The zero-order valence-electron chi connectivity index (χ0n) is 10.6. The molecule has 0 aromatic heterocycles. The molecule has 106 valence electrons. The van der Waals surface area contributed by atoms with E-state index in [1.807, 2.05) is 0 Å². The lowest BCUT2D eigenvalue weighted by atomic mass is 10.2. The topological polar surface area (TPSA) is 72.2 Å². The molecule has 0 unspecified atom stereocenters. The van der Waals surface area contributed by atoms with E-state index >= 15 is 0 Å². The van der Waals surface area contributed by atoms with Crippen LogP contribution < -0.4 is 10.5 Å². The smallest absolute Gasteiger partial charge is 0.240 e. The van der Waals surface area contributed by atoms with Crippen LogP contribution in [0.2, 0.25) is 0 Å². The Hall–Kier alpha value is -1.05. The van der Waals surface area contributed by atoms with Gasteiger partial charge in [-0.25, -0.2) is 17.5 Å². The summed E-state index contributed by atoms with van der Waals surface area (Å²) in [6, 6.07) is 2.26. The number of sulfonamides is 1. The lowest BCUT2D eigenvalue weighted by molar-refractivity contribution is 0.582. The summed E-state index contributed by atoms with van der Waals surface area (Å²) in [5.41, 5.74) is 5.56. The number of hydrogen-bond donors (Lipinski definition) is 2. The molecule has 0 aliphatic rings. The largest absolute Gasteiger partial charge is 0.396 e. The standard InChI is InChI=1S/C12H17FN2O2S2/c1-3-5-18-6-4-15-19(16,17)12-8-11(14)10(13)7-9(12)2/h3,7-8,15H,1,4-6,14H2,2H3. The third kappa shape index (κ3) is 4.52. The minimum Gasteiger partial charge on any atom is -0.396 e. The second-order valence-corrected chi connectivity index (χ2v) is 6.79. The predicted octanol–water partition coefficient (Wildman–Crippen LogP) is 1.91. The van der Waals surface area contributed by atoms with Gasteiger partial charge in [-0.3, -0.25) is 0 Å². The highest BCUT2D eigenvalue weighted by Gasteiger charge is 2.18. The molecule has 0 fully saturated rings. The van der Waals surface area contributed by atoms with Gasteiger partial charge in [0.15, 0.2) is 0 Å². The maximum atomic E-state index is 13.2. The number of halogens is 1. The fraction of sp³-hybridized carbons (Fsp3) is 0.333. The summed E-state index contributed by atoms with van der Waals surface area (Å²) in [4.78, 5) is 0.0140. The number of nitrogens with two attached hydrogens (primary N) is 1. The number of benzene rings is 1. The molecule has 0 saturated heterocycles. The first kappa shape index (κ1) is 16.0. The summed E-state index contributed by atoms with van der Waals surface area (Å²) < 4.78 is 39.7. The number of thioether (sulfide) groups is 1. The van der Waals surface area contributed by atoms with Gasteiger partial charge in [-0.2, -0.15) is 11.8 Å². The zero-order valence-corrected chi connectivity index (χ0v) is 12.3. The van der Waals surface area contributed by atoms with Gasteiger partial charge < -0.3 is 5.73 Å². The first-order valence-corrected chi connectivity index (χ1v) is 8.26. The van der Waals surface area contributed by atoms with Gasteiger partial charge in [0.1, 0.15) is 5.82 Å². The zero-order chi connectivity index (χ0) is 14.5. The second kappa shape index (κ2) is 6.93. The summed E-state index contributed by atoms with van der Waals surface area (Å²) in [5.74, 6) is 0.795. The molecule has 7 heteroatoms. The molecule has 1 aromatic rings. The van der Waals surface area contributed by atoms with E-state index in [9.17, 15) is 12.8 Å². The molecule has 0 spiro atoms. The van der Waals surface area contributed by atoms with Crippen LogP contribution in [-0.2, 0) is 10.0 Å². The van der Waals surface area contributed by atoms with Crippen LogP contribution in [0.25, 0.3) is 0 Å². The summed E-state index contributed by atoms with van der Waals surface area (Å²) in [6.07, 6.45) is 1.75. The van der Waals surface area contributed by atoms with Gasteiger partial charge in [0, 0.05) is 18.1 Å². The molecule has 0 aliphatic heterocycles. The van der Waals surface area contributed by atoms with E-state index in [0.29, 0.717) is 17.9 Å². The van der Waals surface area contributed by atoms with Crippen LogP contribution >= 0.6 is 11.8 Å². The average Bonchev–Trinajstić information content (AvgIpc) is 2.33. The van der Waals surface area contributed by atoms with Crippen molar-refractivity contribution >= 4 is 27.5 Å². The Bertz CT molecular complexity index is 559.